The molecule has 0 saturated carbocycles. The first-order valence-electron chi connectivity index (χ1n) is 6.80. The zero-order chi connectivity index (χ0) is 16.0. The average Bonchev–Trinajstić information content (AvgIpc) is 2.36. The molecule has 1 unspecified atom stereocenters. The number of carboxylic acids is 1. The van der Waals surface area contributed by atoms with Crippen LogP contribution in [0.15, 0.2) is 24.3 Å². The lowest BCUT2D eigenvalue weighted by atomic mass is 10.0. The van der Waals surface area contributed by atoms with Crippen LogP contribution in [-0.4, -0.2) is 28.4 Å². The Morgan fingerprint density at radius 2 is 1.81 bits per heavy atom. The number of rotatable bonds is 6. The molecule has 0 aromatic heterocycles. The Kier molecular flexibility index (Phi) is 6.27. The predicted molar refractivity (Wildman–Crippen MR) is 84.5 cm³/mol. The minimum Gasteiger partial charge on any atom is -0.481 e. The van der Waals surface area contributed by atoms with Crippen LogP contribution in [-0.2, 0) is 20.1 Å². The van der Waals surface area contributed by atoms with Crippen molar-refractivity contribution in [1.29, 1.82) is 0 Å². The first-order chi connectivity index (χ1) is 9.69. The van der Waals surface area contributed by atoms with Crippen LogP contribution in [0.1, 0.15) is 44.7 Å². The zero-order valence-corrected chi connectivity index (χ0v) is 13.7. The third-order valence-electron chi connectivity index (χ3n) is 2.76. The summed E-state index contributed by atoms with van der Waals surface area (Å²) in [6.45, 7) is 7.20. The molecular weight excluding hydrogens is 288 g/mol. The van der Waals surface area contributed by atoms with Crippen molar-refractivity contribution in [2.24, 2.45) is 0 Å². The van der Waals surface area contributed by atoms with E-state index >= 15 is 0 Å². The van der Waals surface area contributed by atoms with Crippen LogP contribution in [0.5, 0.6) is 0 Å². The summed E-state index contributed by atoms with van der Waals surface area (Å²) in [4.78, 5) is 22.4. The molecule has 0 spiro atoms. The fraction of sp³-hybridized carbons (Fsp3) is 0.500. The fourth-order valence-corrected chi connectivity index (χ4v) is 2.42. The van der Waals surface area contributed by atoms with E-state index in [9.17, 15) is 9.59 Å². The minimum atomic E-state index is -0.831. The maximum atomic E-state index is 11.6. The number of carbonyl (C=O) groups excluding carboxylic acids is 1. The third-order valence-corrected chi connectivity index (χ3v) is 3.74. The molecule has 0 radical (unpaired) electrons. The molecule has 0 aliphatic heterocycles. The number of thioether (sulfide) groups is 1. The van der Waals surface area contributed by atoms with E-state index in [-0.39, 0.29) is 5.97 Å². The normalized spacial score (nSPS) is 12.8. The molecule has 5 heteroatoms. The lowest BCUT2D eigenvalue weighted by Gasteiger charge is -2.19. The molecule has 0 fully saturated rings. The Bertz CT molecular complexity index is 488. The molecule has 0 amide bonds. The monoisotopic (exact) mass is 310 g/mol. The number of benzene rings is 1. The van der Waals surface area contributed by atoms with Gasteiger partial charge < -0.3 is 9.84 Å². The number of hydrogen-bond acceptors (Lipinski definition) is 4. The van der Waals surface area contributed by atoms with Crippen molar-refractivity contribution in [3.8, 4) is 0 Å². The highest BCUT2D eigenvalue weighted by atomic mass is 32.2. The molecule has 1 atom stereocenters. The molecule has 0 bridgehead atoms. The van der Waals surface area contributed by atoms with E-state index < -0.39 is 17.5 Å². The summed E-state index contributed by atoms with van der Waals surface area (Å²) in [5, 5.41) is 8.94. The van der Waals surface area contributed by atoms with Gasteiger partial charge in [-0.05, 0) is 38.8 Å². The molecule has 0 saturated heterocycles. The highest BCUT2D eigenvalue weighted by Crippen LogP contribution is 2.19. The number of carboxylic acid groups (broad SMARTS) is 1. The Morgan fingerprint density at radius 3 is 2.29 bits per heavy atom. The van der Waals surface area contributed by atoms with Crippen LogP contribution < -0.4 is 0 Å². The number of ether oxygens (including phenoxy) is 1. The molecule has 1 rings (SSSR count). The van der Waals surface area contributed by atoms with Gasteiger partial charge in [0.15, 0.2) is 0 Å². The maximum absolute atomic E-state index is 11.6. The van der Waals surface area contributed by atoms with Gasteiger partial charge in [-0.1, -0.05) is 24.3 Å². The van der Waals surface area contributed by atoms with Crippen LogP contribution in [0.2, 0.25) is 0 Å². The van der Waals surface area contributed by atoms with Crippen molar-refractivity contribution >= 4 is 23.7 Å². The number of hydrogen-bond donors (Lipinski definition) is 1. The molecule has 1 aromatic rings. The van der Waals surface area contributed by atoms with Gasteiger partial charge in [-0.25, -0.2) is 0 Å². The Balaban J connectivity index is 2.43. The largest absolute Gasteiger partial charge is 0.481 e. The summed E-state index contributed by atoms with van der Waals surface area (Å²) in [6, 6.07) is 7.44. The van der Waals surface area contributed by atoms with E-state index in [1.54, 1.807) is 6.92 Å². The molecule has 0 aliphatic rings. The van der Waals surface area contributed by atoms with Crippen LogP contribution in [0.25, 0.3) is 0 Å². The molecule has 4 nitrogen and oxygen atoms in total. The lowest BCUT2D eigenvalue weighted by Crippen LogP contribution is -2.24. The first-order valence-corrected chi connectivity index (χ1v) is 7.96. The van der Waals surface area contributed by atoms with Gasteiger partial charge in [0.2, 0.25) is 0 Å². The van der Waals surface area contributed by atoms with Gasteiger partial charge in [0.25, 0.3) is 0 Å². The lowest BCUT2D eigenvalue weighted by molar-refractivity contribution is -0.151. The standard InChI is InChI=1S/C16H22O4S/c1-11(15(18)19)13-7-5-12(6-8-13)9-21-10-14(17)20-16(2,3)4/h5-8,11H,9-10H2,1-4H3,(H,18,19). The highest BCUT2D eigenvalue weighted by molar-refractivity contribution is 7.99. The second-order valence-electron chi connectivity index (χ2n) is 5.88. The second kappa shape index (κ2) is 7.50. The second-order valence-corrected chi connectivity index (χ2v) is 6.87. The van der Waals surface area contributed by atoms with E-state index in [1.807, 2.05) is 45.0 Å². The molecule has 0 aliphatic carbocycles. The van der Waals surface area contributed by atoms with Crippen molar-refractivity contribution in [1.82, 2.24) is 0 Å². The molecule has 0 heterocycles. The third kappa shape index (κ3) is 6.67. The smallest absolute Gasteiger partial charge is 0.316 e. The van der Waals surface area contributed by atoms with Gasteiger partial charge in [-0.15, -0.1) is 11.8 Å². The van der Waals surface area contributed by atoms with Crippen molar-refractivity contribution < 1.29 is 19.4 Å². The van der Waals surface area contributed by atoms with Gasteiger partial charge >= 0.3 is 11.9 Å². The van der Waals surface area contributed by atoms with Crippen LogP contribution >= 0.6 is 11.8 Å². The van der Waals surface area contributed by atoms with E-state index in [4.69, 9.17) is 9.84 Å². The highest BCUT2D eigenvalue weighted by Gasteiger charge is 2.16. The molecule has 1 aromatic carbocycles. The summed E-state index contributed by atoms with van der Waals surface area (Å²) < 4.78 is 5.23. The Hall–Kier alpha value is -1.49. The summed E-state index contributed by atoms with van der Waals surface area (Å²) in [6.07, 6.45) is 0. The number of aliphatic carboxylic acids is 1. The van der Waals surface area contributed by atoms with Crippen LogP contribution in [0.4, 0.5) is 0 Å². The van der Waals surface area contributed by atoms with E-state index in [0.29, 0.717) is 11.5 Å². The van der Waals surface area contributed by atoms with Gasteiger partial charge in [-0.3, -0.25) is 9.59 Å². The zero-order valence-electron chi connectivity index (χ0n) is 12.9. The Labute approximate surface area is 129 Å². The maximum Gasteiger partial charge on any atom is 0.316 e. The topological polar surface area (TPSA) is 63.6 Å². The van der Waals surface area contributed by atoms with Crippen molar-refractivity contribution in [2.45, 2.75) is 45.0 Å². The van der Waals surface area contributed by atoms with E-state index in [0.717, 1.165) is 11.1 Å². The molecule has 1 N–H and O–H groups in total. The average molecular weight is 310 g/mol. The Morgan fingerprint density at radius 1 is 1.24 bits per heavy atom. The van der Waals surface area contributed by atoms with Gasteiger partial charge in [-0.2, -0.15) is 0 Å². The molecule has 21 heavy (non-hydrogen) atoms. The quantitative estimate of drug-likeness (QED) is 0.815. The molecule has 116 valence electrons. The van der Waals surface area contributed by atoms with Crippen molar-refractivity contribution in [3.63, 3.8) is 0 Å². The van der Waals surface area contributed by atoms with Gasteiger partial charge in [0.1, 0.15) is 5.60 Å². The van der Waals surface area contributed by atoms with Gasteiger partial charge in [0, 0.05) is 5.75 Å². The van der Waals surface area contributed by atoms with Crippen molar-refractivity contribution in [3.05, 3.63) is 35.4 Å². The number of carbonyl (C=O) groups is 2. The number of esters is 1. The predicted octanol–water partition coefficient (Wildman–Crippen LogP) is 3.45. The first kappa shape index (κ1) is 17.6. The van der Waals surface area contributed by atoms with E-state index in [2.05, 4.69) is 0 Å². The van der Waals surface area contributed by atoms with Crippen LogP contribution in [0, 0.1) is 0 Å². The van der Waals surface area contributed by atoms with Crippen LogP contribution in [0.3, 0.4) is 0 Å². The minimum absolute atomic E-state index is 0.219. The fourth-order valence-electron chi connectivity index (χ4n) is 1.67. The van der Waals surface area contributed by atoms with Crippen molar-refractivity contribution in [2.75, 3.05) is 5.75 Å². The summed E-state index contributed by atoms with van der Waals surface area (Å²) in [5.41, 5.74) is 1.39. The summed E-state index contributed by atoms with van der Waals surface area (Å²) >= 11 is 1.48. The van der Waals surface area contributed by atoms with E-state index in [1.165, 1.54) is 11.8 Å². The molecular formula is C16H22O4S. The summed E-state index contributed by atoms with van der Waals surface area (Å²) in [7, 11) is 0. The summed E-state index contributed by atoms with van der Waals surface area (Å²) in [5.74, 6) is -0.551. The SMILES string of the molecule is CC(C(=O)O)c1ccc(CSCC(=O)OC(C)(C)C)cc1. The van der Waals surface area contributed by atoms with Gasteiger partial charge in [0.05, 0.1) is 11.7 Å².